The summed E-state index contributed by atoms with van der Waals surface area (Å²) in [5, 5.41) is 0. The summed E-state index contributed by atoms with van der Waals surface area (Å²) >= 11 is 0. The van der Waals surface area contributed by atoms with Crippen molar-refractivity contribution in [2.75, 3.05) is 21.3 Å². The van der Waals surface area contributed by atoms with Crippen LogP contribution in [0.25, 0.3) is 0 Å². The molecule has 0 bridgehead atoms. The lowest BCUT2D eigenvalue weighted by atomic mass is 9.77. The fraction of sp³-hybridized carbons (Fsp3) is 0.600. The zero-order valence-corrected chi connectivity index (χ0v) is 13.8. The second-order valence-corrected chi connectivity index (χ2v) is 6.01. The molecule has 2 rings (SSSR count). The zero-order valence-electron chi connectivity index (χ0n) is 13.8. The SMILES string of the molecule is COc1ccc(OC)c(B2OC(C)(C)C(C)(C)O2)c1OC. The smallest absolute Gasteiger partial charge is 0.497 e. The van der Waals surface area contributed by atoms with E-state index in [1.54, 1.807) is 27.4 Å². The molecule has 21 heavy (non-hydrogen) atoms. The maximum absolute atomic E-state index is 6.10. The van der Waals surface area contributed by atoms with Gasteiger partial charge in [-0.1, -0.05) is 0 Å². The summed E-state index contributed by atoms with van der Waals surface area (Å²) in [6, 6.07) is 3.62. The lowest BCUT2D eigenvalue weighted by Crippen LogP contribution is -2.41. The summed E-state index contributed by atoms with van der Waals surface area (Å²) in [6.07, 6.45) is 0. The van der Waals surface area contributed by atoms with Crippen LogP contribution in [0.4, 0.5) is 0 Å². The van der Waals surface area contributed by atoms with Gasteiger partial charge in [0, 0.05) is 0 Å². The Labute approximate surface area is 126 Å². The molecule has 5 nitrogen and oxygen atoms in total. The predicted octanol–water partition coefficient (Wildman–Crippen LogP) is 2.01. The van der Waals surface area contributed by atoms with E-state index >= 15 is 0 Å². The molecule has 1 fully saturated rings. The van der Waals surface area contributed by atoms with Gasteiger partial charge in [0.15, 0.2) is 11.5 Å². The fourth-order valence-electron chi connectivity index (χ4n) is 2.29. The van der Waals surface area contributed by atoms with Crippen molar-refractivity contribution in [3.05, 3.63) is 12.1 Å². The molecule has 0 spiro atoms. The van der Waals surface area contributed by atoms with Gasteiger partial charge in [-0.25, -0.2) is 0 Å². The Morgan fingerprint density at radius 3 is 1.71 bits per heavy atom. The minimum atomic E-state index is -0.574. The van der Waals surface area contributed by atoms with Crippen molar-refractivity contribution >= 4 is 12.6 Å². The van der Waals surface area contributed by atoms with Gasteiger partial charge in [0.25, 0.3) is 0 Å². The average molecular weight is 294 g/mol. The molecule has 0 aromatic heterocycles. The Bertz CT molecular complexity index is 511. The monoisotopic (exact) mass is 294 g/mol. The highest BCUT2D eigenvalue weighted by molar-refractivity contribution is 6.64. The number of rotatable bonds is 4. The summed E-state index contributed by atoms with van der Waals surface area (Å²) in [6.45, 7) is 8.02. The molecule has 6 heteroatoms. The maximum Gasteiger partial charge on any atom is 0.502 e. The van der Waals surface area contributed by atoms with E-state index in [9.17, 15) is 0 Å². The van der Waals surface area contributed by atoms with Crippen molar-refractivity contribution in [3.8, 4) is 17.2 Å². The second kappa shape index (κ2) is 5.42. The van der Waals surface area contributed by atoms with Crippen LogP contribution < -0.4 is 19.7 Å². The molecular formula is C15H23BO5. The van der Waals surface area contributed by atoms with E-state index in [0.717, 1.165) is 0 Å². The van der Waals surface area contributed by atoms with Gasteiger partial charge >= 0.3 is 7.12 Å². The fourth-order valence-corrected chi connectivity index (χ4v) is 2.29. The van der Waals surface area contributed by atoms with E-state index in [0.29, 0.717) is 22.7 Å². The highest BCUT2D eigenvalue weighted by atomic mass is 16.7. The van der Waals surface area contributed by atoms with Crippen LogP contribution >= 0.6 is 0 Å². The second-order valence-electron chi connectivity index (χ2n) is 6.01. The van der Waals surface area contributed by atoms with E-state index in [4.69, 9.17) is 23.5 Å². The van der Waals surface area contributed by atoms with Crippen LogP contribution in [0, 0.1) is 0 Å². The summed E-state index contributed by atoms with van der Waals surface area (Å²) in [5.74, 6) is 1.82. The van der Waals surface area contributed by atoms with Gasteiger partial charge < -0.3 is 23.5 Å². The Kier molecular flexibility index (Phi) is 4.13. The van der Waals surface area contributed by atoms with Crippen molar-refractivity contribution in [2.45, 2.75) is 38.9 Å². The van der Waals surface area contributed by atoms with Gasteiger partial charge in [0.05, 0.1) is 38.0 Å². The Balaban J connectivity index is 2.53. The molecule has 1 aliphatic rings. The quantitative estimate of drug-likeness (QED) is 0.795. The van der Waals surface area contributed by atoms with Crippen molar-refractivity contribution in [3.63, 3.8) is 0 Å². The molecule has 0 radical (unpaired) electrons. The Hall–Kier alpha value is -1.40. The molecule has 0 saturated carbocycles. The van der Waals surface area contributed by atoms with Gasteiger partial charge in [-0.2, -0.15) is 0 Å². The third-order valence-electron chi connectivity index (χ3n) is 4.25. The molecule has 0 N–H and O–H groups in total. The largest absolute Gasteiger partial charge is 0.502 e. The van der Waals surface area contributed by atoms with E-state index in [2.05, 4.69) is 0 Å². The first-order chi connectivity index (χ1) is 9.77. The molecule has 1 saturated heterocycles. The summed E-state index contributed by atoms with van der Waals surface area (Å²) in [7, 11) is 4.22. The normalized spacial score (nSPS) is 19.5. The number of methoxy groups -OCH3 is 3. The van der Waals surface area contributed by atoms with Crippen LogP contribution in [0.2, 0.25) is 0 Å². The van der Waals surface area contributed by atoms with Crippen LogP contribution in [0.15, 0.2) is 12.1 Å². The van der Waals surface area contributed by atoms with Crippen LogP contribution in [-0.2, 0) is 9.31 Å². The standard InChI is InChI=1S/C15H23BO5/c1-14(2)15(3,4)21-16(20-14)12-10(17-5)8-9-11(18-6)13(12)19-7/h8-9H,1-7H3. The molecule has 116 valence electrons. The first-order valence-corrected chi connectivity index (χ1v) is 6.92. The van der Waals surface area contributed by atoms with Crippen LogP contribution in [0.3, 0.4) is 0 Å². The van der Waals surface area contributed by atoms with Crippen molar-refractivity contribution in [2.24, 2.45) is 0 Å². The molecule has 0 unspecified atom stereocenters. The average Bonchev–Trinajstić information content (AvgIpc) is 2.65. The molecule has 1 aromatic rings. The van der Waals surface area contributed by atoms with E-state index in [1.807, 2.05) is 33.8 Å². The van der Waals surface area contributed by atoms with Crippen LogP contribution in [-0.4, -0.2) is 39.6 Å². The van der Waals surface area contributed by atoms with Gasteiger partial charge in [-0.3, -0.25) is 0 Å². The molecule has 1 heterocycles. The number of ether oxygens (including phenoxy) is 3. The molecular weight excluding hydrogens is 271 g/mol. The number of benzene rings is 1. The first-order valence-electron chi connectivity index (χ1n) is 6.92. The van der Waals surface area contributed by atoms with Crippen LogP contribution in [0.5, 0.6) is 17.2 Å². The number of hydrogen-bond donors (Lipinski definition) is 0. The maximum atomic E-state index is 6.10. The summed E-state index contributed by atoms with van der Waals surface area (Å²) < 4.78 is 28.5. The minimum Gasteiger partial charge on any atom is -0.497 e. The lowest BCUT2D eigenvalue weighted by Gasteiger charge is -2.32. The third-order valence-corrected chi connectivity index (χ3v) is 4.25. The zero-order chi connectivity index (χ0) is 15.8. The molecule has 0 amide bonds. The van der Waals surface area contributed by atoms with Crippen molar-refractivity contribution in [1.29, 1.82) is 0 Å². The lowest BCUT2D eigenvalue weighted by molar-refractivity contribution is 0.00578. The highest BCUT2D eigenvalue weighted by Crippen LogP contribution is 2.39. The predicted molar refractivity (Wildman–Crippen MR) is 81.8 cm³/mol. The van der Waals surface area contributed by atoms with Gasteiger partial charge in [-0.05, 0) is 39.8 Å². The highest BCUT2D eigenvalue weighted by Gasteiger charge is 2.53. The third kappa shape index (κ3) is 2.58. The van der Waals surface area contributed by atoms with Crippen molar-refractivity contribution in [1.82, 2.24) is 0 Å². The summed E-state index contributed by atoms with van der Waals surface area (Å²) in [4.78, 5) is 0. The molecule has 1 aliphatic heterocycles. The minimum absolute atomic E-state index is 0.434. The Morgan fingerprint density at radius 1 is 0.810 bits per heavy atom. The van der Waals surface area contributed by atoms with E-state index < -0.39 is 18.3 Å². The molecule has 1 aromatic carbocycles. The number of hydrogen-bond acceptors (Lipinski definition) is 5. The van der Waals surface area contributed by atoms with Gasteiger partial charge in [0.2, 0.25) is 0 Å². The van der Waals surface area contributed by atoms with Crippen molar-refractivity contribution < 1.29 is 23.5 Å². The van der Waals surface area contributed by atoms with Crippen LogP contribution in [0.1, 0.15) is 27.7 Å². The van der Waals surface area contributed by atoms with E-state index in [-0.39, 0.29) is 0 Å². The molecule has 0 atom stereocenters. The first kappa shape index (κ1) is 16.0. The molecule has 0 aliphatic carbocycles. The van der Waals surface area contributed by atoms with E-state index in [1.165, 1.54) is 0 Å². The topological polar surface area (TPSA) is 46.2 Å². The van der Waals surface area contributed by atoms with Gasteiger partial charge in [0.1, 0.15) is 5.75 Å². The van der Waals surface area contributed by atoms with Gasteiger partial charge in [-0.15, -0.1) is 0 Å². The summed E-state index contributed by atoms with van der Waals surface area (Å²) in [5.41, 5.74) is -0.161. The Morgan fingerprint density at radius 2 is 1.29 bits per heavy atom.